The van der Waals surface area contributed by atoms with Crippen molar-refractivity contribution >= 4 is 17.9 Å². The lowest BCUT2D eigenvalue weighted by atomic mass is 10.1. The van der Waals surface area contributed by atoms with Crippen LogP contribution in [0.2, 0.25) is 0 Å². The van der Waals surface area contributed by atoms with Crippen molar-refractivity contribution in [2.24, 2.45) is 5.16 Å². The Morgan fingerprint density at radius 1 is 1.32 bits per heavy atom. The largest absolute Gasteiger partial charge is 0.493 e. The van der Waals surface area contributed by atoms with Crippen molar-refractivity contribution in [3.05, 3.63) is 27.8 Å². The first-order valence-electron chi connectivity index (χ1n) is 5.11. The number of nitro groups is 1. The molecule has 1 aromatic carbocycles. The first-order chi connectivity index (χ1) is 8.99. The van der Waals surface area contributed by atoms with Crippen LogP contribution in [0, 0.1) is 10.1 Å². The summed E-state index contributed by atoms with van der Waals surface area (Å²) < 4.78 is 9.99. The molecule has 0 aromatic heterocycles. The van der Waals surface area contributed by atoms with Gasteiger partial charge in [-0.25, -0.2) is 4.79 Å². The van der Waals surface area contributed by atoms with Crippen LogP contribution in [0.3, 0.4) is 0 Å². The summed E-state index contributed by atoms with van der Waals surface area (Å²) in [5, 5.41) is 14.3. The second-order valence-corrected chi connectivity index (χ2v) is 3.34. The molecule has 1 rings (SSSR count). The van der Waals surface area contributed by atoms with Crippen LogP contribution in [0.5, 0.6) is 11.5 Å². The molecule has 1 aromatic rings. The smallest absolute Gasteiger partial charge is 0.331 e. The van der Waals surface area contributed by atoms with E-state index in [1.54, 1.807) is 0 Å². The highest BCUT2D eigenvalue weighted by Gasteiger charge is 2.18. The zero-order valence-corrected chi connectivity index (χ0v) is 10.6. The van der Waals surface area contributed by atoms with E-state index in [-0.39, 0.29) is 17.0 Å². The number of rotatable bonds is 5. The van der Waals surface area contributed by atoms with Gasteiger partial charge in [0.25, 0.3) is 5.69 Å². The minimum atomic E-state index is -0.626. The second kappa shape index (κ2) is 6.34. The standard InChI is InChI=1S/C11H12N2O6/c1-7(14)19-12-6-8-4-10(17-2)11(18-3)5-9(8)13(15)16/h4-6H,1-3H3/b12-6+. The maximum absolute atomic E-state index is 10.9. The van der Waals surface area contributed by atoms with Gasteiger partial charge in [-0.05, 0) is 6.07 Å². The minimum Gasteiger partial charge on any atom is -0.493 e. The van der Waals surface area contributed by atoms with Crippen molar-refractivity contribution in [2.75, 3.05) is 14.2 Å². The molecule has 19 heavy (non-hydrogen) atoms. The van der Waals surface area contributed by atoms with E-state index >= 15 is 0 Å². The van der Waals surface area contributed by atoms with Crippen LogP contribution in [-0.4, -0.2) is 31.3 Å². The van der Waals surface area contributed by atoms with Gasteiger partial charge in [0.1, 0.15) is 0 Å². The summed E-state index contributed by atoms with van der Waals surface area (Å²) >= 11 is 0. The number of nitrogens with zero attached hydrogens (tertiary/aromatic N) is 2. The predicted molar refractivity (Wildman–Crippen MR) is 65.6 cm³/mol. The zero-order valence-electron chi connectivity index (χ0n) is 10.6. The maximum atomic E-state index is 10.9. The fourth-order valence-corrected chi connectivity index (χ4v) is 1.30. The first-order valence-corrected chi connectivity index (χ1v) is 5.11. The highest BCUT2D eigenvalue weighted by atomic mass is 16.7. The Labute approximate surface area is 108 Å². The fourth-order valence-electron chi connectivity index (χ4n) is 1.30. The monoisotopic (exact) mass is 268 g/mol. The molecule has 0 fully saturated rings. The lowest BCUT2D eigenvalue weighted by Gasteiger charge is -2.08. The SMILES string of the molecule is COc1cc(/C=N/OC(C)=O)c([N+](=O)[O-])cc1OC. The molecule has 8 nitrogen and oxygen atoms in total. The van der Waals surface area contributed by atoms with Gasteiger partial charge in [-0.2, -0.15) is 0 Å². The third kappa shape index (κ3) is 3.66. The Bertz CT molecular complexity index is 526. The molecular weight excluding hydrogens is 256 g/mol. The molecule has 0 heterocycles. The van der Waals surface area contributed by atoms with Crippen LogP contribution >= 0.6 is 0 Å². The normalized spacial score (nSPS) is 10.3. The van der Waals surface area contributed by atoms with Gasteiger partial charge in [-0.3, -0.25) is 10.1 Å². The molecule has 0 aliphatic carbocycles. The lowest BCUT2D eigenvalue weighted by molar-refractivity contribution is -0.385. The van der Waals surface area contributed by atoms with E-state index in [0.717, 1.165) is 6.21 Å². The average Bonchev–Trinajstić information content (AvgIpc) is 2.37. The highest BCUT2D eigenvalue weighted by molar-refractivity contribution is 5.87. The molecule has 0 amide bonds. The molecule has 0 bridgehead atoms. The number of carbonyl (C=O) groups is 1. The van der Waals surface area contributed by atoms with Gasteiger partial charge >= 0.3 is 5.97 Å². The minimum absolute atomic E-state index is 0.129. The summed E-state index contributed by atoms with van der Waals surface area (Å²) in [6.45, 7) is 1.17. The summed E-state index contributed by atoms with van der Waals surface area (Å²) in [5.74, 6) is -0.101. The Kier molecular flexibility index (Phi) is 4.81. The number of benzene rings is 1. The third-order valence-corrected chi connectivity index (χ3v) is 2.10. The van der Waals surface area contributed by atoms with Gasteiger partial charge in [0.15, 0.2) is 11.5 Å². The molecule has 0 atom stereocenters. The van der Waals surface area contributed by atoms with Gasteiger partial charge in [0.2, 0.25) is 0 Å². The lowest BCUT2D eigenvalue weighted by Crippen LogP contribution is -1.99. The third-order valence-electron chi connectivity index (χ3n) is 2.10. The van der Waals surface area contributed by atoms with E-state index in [0.29, 0.717) is 5.75 Å². The summed E-state index contributed by atoms with van der Waals surface area (Å²) in [6.07, 6.45) is 1.06. The Morgan fingerprint density at radius 3 is 2.37 bits per heavy atom. The molecule has 8 heteroatoms. The fraction of sp³-hybridized carbons (Fsp3) is 0.273. The average molecular weight is 268 g/mol. The van der Waals surface area contributed by atoms with E-state index < -0.39 is 10.9 Å². The Morgan fingerprint density at radius 2 is 1.89 bits per heavy atom. The van der Waals surface area contributed by atoms with Gasteiger partial charge < -0.3 is 14.3 Å². The van der Waals surface area contributed by atoms with Crippen molar-refractivity contribution in [3.63, 3.8) is 0 Å². The highest BCUT2D eigenvalue weighted by Crippen LogP contribution is 2.33. The number of hydrogen-bond donors (Lipinski definition) is 0. The number of carbonyl (C=O) groups excluding carboxylic acids is 1. The van der Waals surface area contributed by atoms with E-state index in [4.69, 9.17) is 9.47 Å². The van der Waals surface area contributed by atoms with Gasteiger partial charge in [0, 0.05) is 6.92 Å². The van der Waals surface area contributed by atoms with Crippen molar-refractivity contribution in [2.45, 2.75) is 6.92 Å². The molecule has 0 unspecified atom stereocenters. The molecular formula is C11H12N2O6. The summed E-state index contributed by atoms with van der Waals surface area (Å²) in [6, 6.07) is 2.57. The number of oxime groups is 1. The molecule has 0 saturated heterocycles. The Hall–Kier alpha value is -2.64. The molecule has 0 radical (unpaired) electrons. The molecule has 0 N–H and O–H groups in total. The van der Waals surface area contributed by atoms with E-state index in [1.165, 1.54) is 33.3 Å². The van der Waals surface area contributed by atoms with E-state index in [9.17, 15) is 14.9 Å². The van der Waals surface area contributed by atoms with Crippen LogP contribution in [0.25, 0.3) is 0 Å². The molecule has 0 aliphatic rings. The van der Waals surface area contributed by atoms with Crippen LogP contribution in [0.1, 0.15) is 12.5 Å². The van der Waals surface area contributed by atoms with Crippen LogP contribution in [0.15, 0.2) is 17.3 Å². The maximum Gasteiger partial charge on any atom is 0.331 e. The van der Waals surface area contributed by atoms with Crippen LogP contribution < -0.4 is 9.47 Å². The Balaban J connectivity index is 3.23. The predicted octanol–water partition coefficient (Wildman–Crippen LogP) is 1.51. The van der Waals surface area contributed by atoms with Gasteiger partial charge in [-0.1, -0.05) is 5.16 Å². The van der Waals surface area contributed by atoms with Gasteiger partial charge in [0.05, 0.1) is 37.0 Å². The number of methoxy groups -OCH3 is 2. The zero-order chi connectivity index (χ0) is 14.4. The van der Waals surface area contributed by atoms with Gasteiger partial charge in [-0.15, -0.1) is 0 Å². The molecule has 0 saturated carbocycles. The van der Waals surface area contributed by atoms with Crippen LogP contribution in [0.4, 0.5) is 5.69 Å². The van der Waals surface area contributed by atoms with Crippen molar-refractivity contribution in [3.8, 4) is 11.5 Å². The van der Waals surface area contributed by atoms with Crippen LogP contribution in [-0.2, 0) is 9.63 Å². The summed E-state index contributed by atoms with van der Waals surface area (Å²) in [4.78, 5) is 25.2. The quantitative estimate of drug-likeness (QED) is 0.347. The molecule has 102 valence electrons. The van der Waals surface area contributed by atoms with Crippen molar-refractivity contribution in [1.82, 2.24) is 0 Å². The second-order valence-electron chi connectivity index (χ2n) is 3.34. The number of hydrogen-bond acceptors (Lipinski definition) is 7. The van der Waals surface area contributed by atoms with E-state index in [2.05, 4.69) is 9.99 Å². The number of nitro benzene ring substituents is 1. The molecule has 0 aliphatic heterocycles. The first kappa shape index (κ1) is 14.4. The van der Waals surface area contributed by atoms with Crippen molar-refractivity contribution < 1.29 is 24.0 Å². The summed E-state index contributed by atoms with van der Waals surface area (Å²) in [5.41, 5.74) is -0.113. The topological polar surface area (TPSA) is 100 Å². The molecule has 0 spiro atoms. The van der Waals surface area contributed by atoms with E-state index in [1.807, 2.05) is 0 Å². The summed E-state index contributed by atoms with van der Waals surface area (Å²) in [7, 11) is 2.77. The number of ether oxygens (including phenoxy) is 2. The van der Waals surface area contributed by atoms with Crippen molar-refractivity contribution in [1.29, 1.82) is 0 Å².